The van der Waals surface area contributed by atoms with Crippen LogP contribution in [0.5, 0.6) is 0 Å². The Kier molecular flexibility index (Phi) is 4.54. The summed E-state index contributed by atoms with van der Waals surface area (Å²) >= 11 is 1.93. The van der Waals surface area contributed by atoms with E-state index < -0.39 is 0 Å². The molecule has 0 amide bonds. The molecule has 2 aromatic rings. The van der Waals surface area contributed by atoms with Crippen molar-refractivity contribution in [2.24, 2.45) is 0 Å². The third kappa shape index (κ3) is 2.97. The summed E-state index contributed by atoms with van der Waals surface area (Å²) in [5.74, 6) is 0. The number of hydrogen-bond donors (Lipinski definition) is 1. The van der Waals surface area contributed by atoms with Gasteiger partial charge in [0.2, 0.25) is 0 Å². The van der Waals surface area contributed by atoms with Crippen LogP contribution in [0.15, 0.2) is 41.8 Å². The monoisotopic (exact) mass is 285 g/mol. The molecule has 1 aromatic heterocycles. The van der Waals surface area contributed by atoms with Crippen molar-refractivity contribution in [3.63, 3.8) is 0 Å². The molecule has 0 bridgehead atoms. The molecule has 20 heavy (non-hydrogen) atoms. The van der Waals surface area contributed by atoms with Crippen LogP contribution in [-0.4, -0.2) is 0 Å². The molecule has 1 nitrogen and oxygen atoms in total. The number of benzene rings is 1. The summed E-state index contributed by atoms with van der Waals surface area (Å²) < 4.78 is 0. The summed E-state index contributed by atoms with van der Waals surface area (Å²) in [7, 11) is 0. The lowest BCUT2D eigenvalue weighted by Gasteiger charge is -2.29. The van der Waals surface area contributed by atoms with Crippen LogP contribution in [0, 0.1) is 0 Å². The van der Waals surface area contributed by atoms with Crippen molar-refractivity contribution >= 4 is 11.3 Å². The highest BCUT2D eigenvalue weighted by Crippen LogP contribution is 2.35. The predicted molar refractivity (Wildman–Crippen MR) is 87.2 cm³/mol. The molecule has 2 heteroatoms. The number of nitrogens with one attached hydrogen (secondary N) is 1. The van der Waals surface area contributed by atoms with Crippen molar-refractivity contribution < 1.29 is 0 Å². The number of aryl methyl sites for hydroxylation is 1. The Labute approximate surface area is 126 Å². The molecular formula is C18H23NS. The Hall–Kier alpha value is -1.12. The zero-order valence-electron chi connectivity index (χ0n) is 12.1. The quantitative estimate of drug-likeness (QED) is 0.790. The second-order valence-corrected chi connectivity index (χ2v) is 6.66. The smallest absolute Gasteiger partial charge is 0.0336 e. The van der Waals surface area contributed by atoms with E-state index in [1.807, 2.05) is 11.3 Å². The van der Waals surface area contributed by atoms with E-state index in [-0.39, 0.29) is 0 Å². The summed E-state index contributed by atoms with van der Waals surface area (Å²) in [6.45, 7) is 2.27. The molecule has 0 aliphatic heterocycles. The summed E-state index contributed by atoms with van der Waals surface area (Å²) in [4.78, 5) is 1.59. The number of thiophene rings is 1. The number of fused-ring (bicyclic) bond motifs is 1. The molecule has 0 saturated carbocycles. The fraction of sp³-hybridized carbons (Fsp3) is 0.444. The highest BCUT2D eigenvalue weighted by molar-refractivity contribution is 7.10. The maximum absolute atomic E-state index is 3.92. The van der Waals surface area contributed by atoms with E-state index in [0.717, 1.165) is 0 Å². The number of rotatable bonds is 5. The van der Waals surface area contributed by atoms with Gasteiger partial charge >= 0.3 is 0 Å². The van der Waals surface area contributed by atoms with Crippen LogP contribution in [0.25, 0.3) is 0 Å². The minimum atomic E-state index is 0.483. The molecule has 1 aromatic carbocycles. The van der Waals surface area contributed by atoms with E-state index in [2.05, 4.69) is 54.0 Å². The normalized spacial score (nSPS) is 19.6. The molecule has 2 atom stereocenters. The highest BCUT2D eigenvalue weighted by Gasteiger charge is 2.23. The maximum Gasteiger partial charge on any atom is 0.0336 e. The van der Waals surface area contributed by atoms with Crippen molar-refractivity contribution in [1.29, 1.82) is 0 Å². The first-order chi connectivity index (χ1) is 9.88. The lowest BCUT2D eigenvalue weighted by atomic mass is 9.92. The summed E-state index contributed by atoms with van der Waals surface area (Å²) in [5, 5.41) is 6.17. The molecule has 0 spiro atoms. The Morgan fingerprint density at radius 2 is 2.10 bits per heavy atom. The van der Waals surface area contributed by atoms with Gasteiger partial charge in [0.05, 0.1) is 0 Å². The summed E-state index contributed by atoms with van der Waals surface area (Å²) in [6, 6.07) is 14.3. The molecule has 0 saturated heterocycles. The Balaban J connectivity index is 1.78. The molecule has 1 aliphatic rings. The summed E-state index contributed by atoms with van der Waals surface area (Å²) in [5.41, 5.74) is 2.98. The molecule has 1 N–H and O–H groups in total. The van der Waals surface area contributed by atoms with Gasteiger partial charge in [0.15, 0.2) is 0 Å². The zero-order chi connectivity index (χ0) is 13.8. The minimum Gasteiger partial charge on any atom is -0.303 e. The molecule has 0 radical (unpaired) electrons. The van der Waals surface area contributed by atoms with Gasteiger partial charge in [-0.3, -0.25) is 0 Å². The predicted octanol–water partition coefficient (Wildman–Crippen LogP) is 5.26. The molecule has 106 valence electrons. The van der Waals surface area contributed by atoms with Gasteiger partial charge in [0.25, 0.3) is 0 Å². The largest absolute Gasteiger partial charge is 0.303 e. The SMILES string of the molecule is CCCC(NC1CCCc2sccc21)c1ccccc1. The zero-order valence-corrected chi connectivity index (χ0v) is 13.0. The second kappa shape index (κ2) is 6.55. The van der Waals surface area contributed by atoms with Crippen LogP contribution >= 0.6 is 11.3 Å². The van der Waals surface area contributed by atoms with Crippen molar-refractivity contribution in [2.75, 3.05) is 0 Å². The van der Waals surface area contributed by atoms with Crippen molar-refractivity contribution in [2.45, 2.75) is 51.1 Å². The van der Waals surface area contributed by atoms with E-state index in [4.69, 9.17) is 0 Å². The standard InChI is InChI=1S/C18H23NS/c1-2-7-16(14-8-4-3-5-9-14)19-17-10-6-11-18-15(17)12-13-20-18/h3-5,8-9,12-13,16-17,19H,2,6-7,10-11H2,1H3. The first-order valence-electron chi connectivity index (χ1n) is 7.75. The minimum absolute atomic E-state index is 0.483. The van der Waals surface area contributed by atoms with Gasteiger partial charge in [0.1, 0.15) is 0 Å². The topological polar surface area (TPSA) is 12.0 Å². The number of hydrogen-bond acceptors (Lipinski definition) is 2. The molecule has 1 heterocycles. The van der Waals surface area contributed by atoms with E-state index in [1.54, 1.807) is 10.4 Å². The van der Waals surface area contributed by atoms with E-state index >= 15 is 0 Å². The lowest BCUT2D eigenvalue weighted by Crippen LogP contribution is -2.28. The van der Waals surface area contributed by atoms with E-state index in [1.165, 1.54) is 37.7 Å². The van der Waals surface area contributed by atoms with Gasteiger partial charge in [-0.25, -0.2) is 0 Å². The summed E-state index contributed by atoms with van der Waals surface area (Å²) in [6.07, 6.45) is 6.29. The van der Waals surface area contributed by atoms with Gasteiger partial charge < -0.3 is 5.32 Å². The molecular weight excluding hydrogens is 262 g/mol. The highest BCUT2D eigenvalue weighted by atomic mass is 32.1. The van der Waals surface area contributed by atoms with Crippen molar-refractivity contribution in [3.8, 4) is 0 Å². The van der Waals surface area contributed by atoms with Crippen molar-refractivity contribution in [1.82, 2.24) is 5.32 Å². The first kappa shape index (κ1) is 13.8. The van der Waals surface area contributed by atoms with Gasteiger partial charge in [-0.1, -0.05) is 43.7 Å². The third-order valence-corrected chi connectivity index (χ3v) is 5.23. The van der Waals surface area contributed by atoms with Crippen LogP contribution in [0.3, 0.4) is 0 Å². The van der Waals surface area contributed by atoms with Crippen LogP contribution < -0.4 is 5.32 Å². The Morgan fingerprint density at radius 3 is 2.90 bits per heavy atom. The molecule has 1 aliphatic carbocycles. The van der Waals surface area contributed by atoms with Crippen molar-refractivity contribution in [3.05, 3.63) is 57.8 Å². The third-order valence-electron chi connectivity index (χ3n) is 4.23. The maximum atomic E-state index is 3.92. The van der Waals surface area contributed by atoms with Crippen LogP contribution in [0.1, 0.15) is 60.7 Å². The first-order valence-corrected chi connectivity index (χ1v) is 8.63. The second-order valence-electron chi connectivity index (χ2n) is 5.66. The van der Waals surface area contributed by atoms with Gasteiger partial charge in [-0.2, -0.15) is 0 Å². The van der Waals surface area contributed by atoms with Gasteiger partial charge in [0, 0.05) is 17.0 Å². The van der Waals surface area contributed by atoms with E-state index in [9.17, 15) is 0 Å². The van der Waals surface area contributed by atoms with Gasteiger partial charge in [-0.15, -0.1) is 11.3 Å². The molecule has 0 fully saturated rings. The fourth-order valence-electron chi connectivity index (χ4n) is 3.22. The Bertz CT molecular complexity index is 531. The fourth-order valence-corrected chi connectivity index (χ4v) is 4.21. The van der Waals surface area contributed by atoms with Crippen LogP contribution in [0.2, 0.25) is 0 Å². The van der Waals surface area contributed by atoms with Crippen LogP contribution in [-0.2, 0) is 6.42 Å². The lowest BCUT2D eigenvalue weighted by molar-refractivity contribution is 0.386. The average molecular weight is 285 g/mol. The van der Waals surface area contributed by atoms with Crippen LogP contribution in [0.4, 0.5) is 0 Å². The van der Waals surface area contributed by atoms with Gasteiger partial charge in [-0.05, 0) is 48.3 Å². The molecule has 2 unspecified atom stereocenters. The Morgan fingerprint density at radius 1 is 1.25 bits per heavy atom. The average Bonchev–Trinajstić information content (AvgIpc) is 2.97. The van der Waals surface area contributed by atoms with E-state index in [0.29, 0.717) is 12.1 Å². The molecule has 3 rings (SSSR count).